The van der Waals surface area contributed by atoms with Crippen LogP contribution < -0.4 is 5.46 Å². The van der Waals surface area contributed by atoms with Gasteiger partial charge >= 0.3 is 19.5 Å². The molecule has 4 rings (SSSR count). The Morgan fingerprint density at radius 1 is 0.690 bits per heavy atom. The summed E-state index contributed by atoms with van der Waals surface area (Å²) < 4.78 is 74.4. The van der Waals surface area contributed by atoms with Gasteiger partial charge in [-0.15, -0.1) is 23.5 Å². The molecule has 16 heteroatoms. The summed E-state index contributed by atoms with van der Waals surface area (Å²) in [6.07, 6.45) is -1.43. The third-order valence-corrected chi connectivity index (χ3v) is 7.39. The predicted octanol–water partition coefficient (Wildman–Crippen LogP) is 6.85. The van der Waals surface area contributed by atoms with Gasteiger partial charge in [-0.05, 0) is 65.4 Å². The van der Waals surface area contributed by atoms with Gasteiger partial charge in [-0.25, -0.2) is 19.9 Å². The predicted molar refractivity (Wildman–Crippen MR) is 157 cm³/mol. The third-order valence-electron chi connectivity index (χ3n) is 5.15. The number of nitrogens with zero attached hydrogens (tertiary/aromatic N) is 4. The van der Waals surface area contributed by atoms with Crippen molar-refractivity contribution in [3.63, 3.8) is 0 Å². The minimum atomic E-state index is -4.39. The molecule has 4 aromatic rings. The molecule has 0 radical (unpaired) electrons. The van der Waals surface area contributed by atoms with Crippen LogP contribution in [0.15, 0.2) is 75.4 Å². The van der Waals surface area contributed by atoms with Crippen molar-refractivity contribution in [3.05, 3.63) is 88.2 Å². The molecule has 42 heavy (non-hydrogen) atoms. The zero-order chi connectivity index (χ0) is 31.7. The van der Waals surface area contributed by atoms with E-state index in [0.29, 0.717) is 11.4 Å². The van der Waals surface area contributed by atoms with Gasteiger partial charge < -0.3 is 10.0 Å². The van der Waals surface area contributed by atoms with E-state index in [0.717, 1.165) is 62.3 Å². The van der Waals surface area contributed by atoms with Crippen molar-refractivity contribution in [1.29, 1.82) is 0 Å². The molecule has 2 N–H and O–H groups in total. The largest absolute Gasteiger partial charge is 0.488 e. The lowest BCUT2D eigenvalue weighted by Gasteiger charge is -2.09. The second kappa shape index (κ2) is 15.7. The normalized spacial score (nSPS) is 11.2. The Hall–Kier alpha value is -2.66. The number of halogens is 7. The van der Waals surface area contributed by atoms with Gasteiger partial charge in [-0.2, -0.15) is 26.3 Å². The highest BCUT2D eigenvalue weighted by Crippen LogP contribution is 2.33. The number of alkyl halides is 6. The van der Waals surface area contributed by atoms with Gasteiger partial charge in [0.1, 0.15) is 21.7 Å². The van der Waals surface area contributed by atoms with Crippen LogP contribution in [0.25, 0.3) is 11.1 Å². The first-order valence-corrected chi connectivity index (χ1v) is 14.9. The van der Waals surface area contributed by atoms with Crippen LogP contribution in [0, 0.1) is 13.8 Å². The van der Waals surface area contributed by atoms with E-state index in [1.165, 1.54) is 23.9 Å². The van der Waals surface area contributed by atoms with E-state index < -0.39 is 30.6 Å². The molecule has 0 aliphatic heterocycles. The fourth-order valence-corrected chi connectivity index (χ4v) is 4.83. The van der Waals surface area contributed by atoms with Crippen molar-refractivity contribution >= 4 is 52.0 Å². The van der Waals surface area contributed by atoms with Gasteiger partial charge in [0, 0.05) is 18.0 Å². The molecule has 6 nitrogen and oxygen atoms in total. The standard InChI is InChI=1S/C13H11F3N2S.C7H6BF3O2.C6H7BrN2S/c1-8-17-7-11(12(18-8)19-2)9-3-5-10(6-4-9)13(14,15)16;9-7(10,11)5-1-3-6(4-2-5)8(12)13;1-4-8-3-5(7)6(9-4)10-2/h3-7H,1-2H3;1-4,12-13H;3H,1-2H3. The Bertz CT molecular complexity index is 1450. The van der Waals surface area contributed by atoms with Crippen LogP contribution in [0.2, 0.25) is 0 Å². The molecular weight excluding hydrogens is 669 g/mol. The number of rotatable bonds is 4. The lowest BCUT2D eigenvalue weighted by atomic mass is 9.80. The van der Waals surface area contributed by atoms with Crippen molar-refractivity contribution in [2.24, 2.45) is 0 Å². The van der Waals surface area contributed by atoms with Gasteiger partial charge in [0.25, 0.3) is 0 Å². The first kappa shape index (κ1) is 35.5. The second-order valence-electron chi connectivity index (χ2n) is 8.18. The van der Waals surface area contributed by atoms with Crippen LogP contribution in [-0.4, -0.2) is 49.6 Å². The molecule has 0 fully saturated rings. The first-order chi connectivity index (χ1) is 19.6. The van der Waals surface area contributed by atoms with Gasteiger partial charge in [-0.1, -0.05) is 36.4 Å². The van der Waals surface area contributed by atoms with Crippen molar-refractivity contribution in [1.82, 2.24) is 19.9 Å². The van der Waals surface area contributed by atoms with Crippen LogP contribution >= 0.6 is 39.5 Å². The quantitative estimate of drug-likeness (QED) is 0.104. The maximum Gasteiger partial charge on any atom is 0.488 e. The average molecular weight is 693 g/mol. The topological polar surface area (TPSA) is 92.0 Å². The number of thioether (sulfide) groups is 2. The van der Waals surface area contributed by atoms with Gasteiger partial charge in [0.2, 0.25) is 0 Å². The fraction of sp³-hybridized carbons (Fsp3) is 0.231. The molecule has 2 heterocycles. The average Bonchev–Trinajstić information content (AvgIpc) is 2.94. The van der Waals surface area contributed by atoms with E-state index in [9.17, 15) is 26.3 Å². The van der Waals surface area contributed by atoms with E-state index in [-0.39, 0.29) is 5.46 Å². The molecular formula is C26H24BBrF6N4O2S2. The summed E-state index contributed by atoms with van der Waals surface area (Å²) in [4.78, 5) is 16.6. The Balaban J connectivity index is 0.000000234. The van der Waals surface area contributed by atoms with Crippen molar-refractivity contribution < 1.29 is 36.4 Å². The van der Waals surface area contributed by atoms with Crippen molar-refractivity contribution in [2.45, 2.75) is 36.3 Å². The minimum Gasteiger partial charge on any atom is -0.423 e. The number of benzene rings is 2. The summed E-state index contributed by atoms with van der Waals surface area (Å²) in [7, 11) is -1.73. The molecule has 0 unspecified atom stereocenters. The van der Waals surface area contributed by atoms with Crippen molar-refractivity contribution in [2.75, 3.05) is 12.5 Å². The Morgan fingerprint density at radius 3 is 1.52 bits per heavy atom. The van der Waals surface area contributed by atoms with E-state index in [2.05, 4.69) is 35.9 Å². The maximum absolute atomic E-state index is 12.5. The third kappa shape index (κ3) is 10.9. The summed E-state index contributed by atoms with van der Waals surface area (Å²) in [5.41, 5.74) is -0.0101. The van der Waals surface area contributed by atoms with E-state index >= 15 is 0 Å². The highest BCUT2D eigenvalue weighted by molar-refractivity contribution is 9.10. The van der Waals surface area contributed by atoms with E-state index in [1.54, 1.807) is 31.1 Å². The van der Waals surface area contributed by atoms with Crippen LogP contribution in [0.5, 0.6) is 0 Å². The van der Waals surface area contributed by atoms with Crippen LogP contribution in [0.3, 0.4) is 0 Å². The Morgan fingerprint density at radius 2 is 1.12 bits per heavy atom. The number of aromatic nitrogens is 4. The molecule has 0 saturated heterocycles. The lowest BCUT2D eigenvalue weighted by Crippen LogP contribution is -2.29. The van der Waals surface area contributed by atoms with E-state index in [4.69, 9.17) is 10.0 Å². The molecule has 0 saturated carbocycles. The summed E-state index contributed by atoms with van der Waals surface area (Å²) in [5, 5.41) is 18.9. The van der Waals surface area contributed by atoms with Crippen LogP contribution in [0.4, 0.5) is 26.3 Å². The Kier molecular flexibility index (Phi) is 13.3. The summed E-state index contributed by atoms with van der Waals surface area (Å²) in [6, 6.07) is 8.66. The highest BCUT2D eigenvalue weighted by Gasteiger charge is 2.31. The molecule has 0 aliphatic rings. The first-order valence-electron chi connectivity index (χ1n) is 11.7. The van der Waals surface area contributed by atoms with Gasteiger partial charge in [-0.3, -0.25) is 0 Å². The Labute approximate surface area is 255 Å². The van der Waals surface area contributed by atoms with E-state index in [1.807, 2.05) is 19.4 Å². The van der Waals surface area contributed by atoms with Crippen LogP contribution in [-0.2, 0) is 12.4 Å². The highest BCUT2D eigenvalue weighted by atomic mass is 79.9. The second-order valence-corrected chi connectivity index (χ2v) is 10.6. The minimum absolute atomic E-state index is 0.0352. The number of aryl methyl sites for hydroxylation is 2. The molecule has 224 valence electrons. The molecule has 0 spiro atoms. The number of hydrogen-bond donors (Lipinski definition) is 2. The lowest BCUT2D eigenvalue weighted by molar-refractivity contribution is -0.138. The molecule has 2 aromatic carbocycles. The summed E-state index contributed by atoms with van der Waals surface area (Å²) in [6.45, 7) is 3.66. The zero-order valence-electron chi connectivity index (χ0n) is 22.5. The fourth-order valence-electron chi connectivity index (χ4n) is 3.06. The summed E-state index contributed by atoms with van der Waals surface area (Å²) >= 11 is 6.40. The smallest absolute Gasteiger partial charge is 0.423 e. The molecule has 0 amide bonds. The van der Waals surface area contributed by atoms with Crippen molar-refractivity contribution in [3.8, 4) is 11.1 Å². The number of hydrogen-bond acceptors (Lipinski definition) is 8. The zero-order valence-corrected chi connectivity index (χ0v) is 25.7. The monoisotopic (exact) mass is 692 g/mol. The molecule has 2 aromatic heterocycles. The molecule has 0 bridgehead atoms. The van der Waals surface area contributed by atoms with Gasteiger partial charge in [0.15, 0.2) is 0 Å². The molecule has 0 atom stereocenters. The van der Waals surface area contributed by atoms with Gasteiger partial charge in [0.05, 0.1) is 15.6 Å². The maximum atomic E-state index is 12.5. The SMILES string of the molecule is CSc1nc(C)ncc1-c1ccc(C(F)(F)F)cc1.CSc1nc(C)ncc1Br.OB(O)c1ccc(C(F)(F)F)cc1. The van der Waals surface area contributed by atoms with Crippen LogP contribution in [0.1, 0.15) is 22.8 Å². The molecule has 0 aliphatic carbocycles. The summed E-state index contributed by atoms with van der Waals surface area (Å²) in [5.74, 6) is 1.45.